The zero-order valence-corrected chi connectivity index (χ0v) is 11.0. The first-order chi connectivity index (χ1) is 9.10. The summed E-state index contributed by atoms with van der Waals surface area (Å²) in [6, 6.07) is 7.47. The van der Waals surface area contributed by atoms with Crippen LogP contribution in [-0.4, -0.2) is 16.1 Å². The van der Waals surface area contributed by atoms with Crippen molar-refractivity contribution in [1.82, 2.24) is 4.98 Å². The van der Waals surface area contributed by atoms with E-state index in [0.29, 0.717) is 17.8 Å². The van der Waals surface area contributed by atoms with E-state index in [1.54, 1.807) is 17.5 Å². The Morgan fingerprint density at radius 2 is 2.37 bits per heavy atom. The molecule has 0 radical (unpaired) electrons. The van der Waals surface area contributed by atoms with Crippen molar-refractivity contribution in [3.8, 4) is 6.07 Å². The summed E-state index contributed by atoms with van der Waals surface area (Å²) in [6.45, 7) is 2.37. The Labute approximate surface area is 114 Å². The highest BCUT2D eigenvalue weighted by Crippen LogP contribution is 2.18. The molecule has 0 unspecified atom stereocenters. The number of carbonyl (C=O) groups is 1. The average molecular weight is 273 g/mol. The molecule has 0 amide bonds. The van der Waals surface area contributed by atoms with Gasteiger partial charge in [0.1, 0.15) is 0 Å². The number of nitriles is 1. The molecule has 0 saturated carbocycles. The van der Waals surface area contributed by atoms with E-state index in [2.05, 4.69) is 16.4 Å². The average Bonchev–Trinajstić information content (AvgIpc) is 2.87. The number of carboxylic acids is 1. The second kappa shape index (κ2) is 5.50. The first-order valence-corrected chi connectivity index (χ1v) is 6.40. The number of aromatic nitrogens is 1. The van der Waals surface area contributed by atoms with E-state index in [-0.39, 0.29) is 5.01 Å². The van der Waals surface area contributed by atoms with Crippen LogP contribution in [0, 0.1) is 18.3 Å². The Balaban J connectivity index is 2.09. The van der Waals surface area contributed by atoms with Gasteiger partial charge in [-0.2, -0.15) is 5.26 Å². The van der Waals surface area contributed by atoms with Crippen LogP contribution in [-0.2, 0) is 6.54 Å². The number of nitrogens with one attached hydrogen (secondary N) is 1. The lowest BCUT2D eigenvalue weighted by molar-refractivity contribution is 0.0696. The fourth-order valence-corrected chi connectivity index (χ4v) is 2.21. The molecule has 2 aromatic rings. The summed E-state index contributed by atoms with van der Waals surface area (Å²) >= 11 is 1.10. The van der Waals surface area contributed by atoms with Crippen LogP contribution in [0.5, 0.6) is 0 Å². The van der Waals surface area contributed by atoms with Crippen LogP contribution in [0.4, 0.5) is 5.69 Å². The van der Waals surface area contributed by atoms with Crippen LogP contribution in [0.2, 0.25) is 0 Å². The van der Waals surface area contributed by atoms with Crippen LogP contribution >= 0.6 is 11.3 Å². The number of anilines is 1. The Morgan fingerprint density at radius 3 is 3.00 bits per heavy atom. The number of hydrogen-bond donors (Lipinski definition) is 2. The number of benzene rings is 1. The molecule has 96 valence electrons. The van der Waals surface area contributed by atoms with E-state index in [1.165, 1.54) is 0 Å². The minimum Gasteiger partial charge on any atom is -0.476 e. The summed E-state index contributed by atoms with van der Waals surface area (Å²) in [7, 11) is 0. The van der Waals surface area contributed by atoms with Crippen LogP contribution < -0.4 is 5.32 Å². The van der Waals surface area contributed by atoms with Gasteiger partial charge in [0.25, 0.3) is 0 Å². The highest BCUT2D eigenvalue weighted by Gasteiger charge is 2.09. The van der Waals surface area contributed by atoms with Crippen molar-refractivity contribution in [2.24, 2.45) is 0 Å². The molecule has 5 nitrogen and oxygen atoms in total. The molecule has 0 aliphatic carbocycles. The third kappa shape index (κ3) is 3.09. The third-order valence-corrected chi connectivity index (χ3v) is 3.44. The molecule has 6 heteroatoms. The van der Waals surface area contributed by atoms with E-state index < -0.39 is 5.97 Å². The molecule has 0 bridgehead atoms. The van der Waals surface area contributed by atoms with Gasteiger partial charge < -0.3 is 10.4 Å². The molecule has 0 saturated heterocycles. The van der Waals surface area contributed by atoms with E-state index in [4.69, 9.17) is 10.4 Å². The van der Waals surface area contributed by atoms with Crippen molar-refractivity contribution in [1.29, 1.82) is 5.26 Å². The standard InChI is InChI=1S/C13H11N3O2S/c1-8-2-3-9(5-14)4-11(8)15-6-10-7-19-12(16-10)13(17)18/h2-4,7,15H,6H2,1H3,(H,17,18). The second-order valence-electron chi connectivity index (χ2n) is 3.94. The lowest BCUT2D eigenvalue weighted by Gasteiger charge is -2.08. The monoisotopic (exact) mass is 273 g/mol. The molecule has 0 atom stereocenters. The van der Waals surface area contributed by atoms with Gasteiger partial charge in [-0.25, -0.2) is 9.78 Å². The van der Waals surface area contributed by atoms with Gasteiger partial charge in [-0.15, -0.1) is 11.3 Å². The van der Waals surface area contributed by atoms with Gasteiger partial charge in [0.05, 0.1) is 23.9 Å². The fourth-order valence-electron chi connectivity index (χ4n) is 1.55. The Hall–Kier alpha value is -2.39. The first-order valence-electron chi connectivity index (χ1n) is 5.52. The molecule has 1 heterocycles. The number of aryl methyl sites for hydroxylation is 1. The van der Waals surface area contributed by atoms with Gasteiger partial charge in [0.2, 0.25) is 5.01 Å². The summed E-state index contributed by atoms with van der Waals surface area (Å²) in [5.74, 6) is -1.01. The van der Waals surface area contributed by atoms with Crippen molar-refractivity contribution in [3.63, 3.8) is 0 Å². The zero-order chi connectivity index (χ0) is 13.8. The number of aromatic carboxylic acids is 1. The zero-order valence-electron chi connectivity index (χ0n) is 10.2. The molecule has 1 aromatic heterocycles. The number of rotatable bonds is 4. The van der Waals surface area contributed by atoms with Crippen molar-refractivity contribution in [2.45, 2.75) is 13.5 Å². The summed E-state index contributed by atoms with van der Waals surface area (Å²) in [6.07, 6.45) is 0. The predicted molar refractivity (Wildman–Crippen MR) is 72.3 cm³/mol. The lowest BCUT2D eigenvalue weighted by Crippen LogP contribution is -2.03. The summed E-state index contributed by atoms with van der Waals surface area (Å²) in [4.78, 5) is 14.7. The Morgan fingerprint density at radius 1 is 1.58 bits per heavy atom. The third-order valence-electron chi connectivity index (χ3n) is 2.56. The Kier molecular flexibility index (Phi) is 3.78. The molecule has 0 fully saturated rings. The number of thiazole rings is 1. The quantitative estimate of drug-likeness (QED) is 0.894. The normalized spacial score (nSPS) is 9.89. The summed E-state index contributed by atoms with van der Waals surface area (Å²) in [5.41, 5.74) is 3.12. The van der Waals surface area contributed by atoms with E-state index in [9.17, 15) is 4.79 Å². The van der Waals surface area contributed by atoms with Crippen LogP contribution in [0.15, 0.2) is 23.6 Å². The van der Waals surface area contributed by atoms with Crippen molar-refractivity contribution in [3.05, 3.63) is 45.4 Å². The maximum absolute atomic E-state index is 10.7. The van der Waals surface area contributed by atoms with Gasteiger partial charge in [-0.05, 0) is 24.6 Å². The molecular formula is C13H11N3O2S. The Bertz CT molecular complexity index is 658. The van der Waals surface area contributed by atoms with Crippen LogP contribution in [0.3, 0.4) is 0 Å². The minimum absolute atomic E-state index is 0.0827. The van der Waals surface area contributed by atoms with Crippen molar-refractivity contribution >= 4 is 23.0 Å². The van der Waals surface area contributed by atoms with E-state index in [0.717, 1.165) is 22.6 Å². The van der Waals surface area contributed by atoms with Gasteiger partial charge in [0, 0.05) is 11.1 Å². The molecule has 2 N–H and O–H groups in total. The predicted octanol–water partition coefficient (Wildman–Crippen LogP) is 2.63. The number of carboxylic acid groups (broad SMARTS) is 1. The SMILES string of the molecule is Cc1ccc(C#N)cc1NCc1csc(C(=O)O)n1. The summed E-state index contributed by atoms with van der Waals surface area (Å²) in [5, 5.41) is 22.6. The lowest BCUT2D eigenvalue weighted by atomic mass is 10.1. The first kappa shape index (κ1) is 13.1. The van der Waals surface area contributed by atoms with Gasteiger partial charge in [0.15, 0.2) is 0 Å². The fraction of sp³-hybridized carbons (Fsp3) is 0.154. The van der Waals surface area contributed by atoms with E-state index >= 15 is 0 Å². The number of nitrogens with zero attached hydrogens (tertiary/aromatic N) is 2. The smallest absolute Gasteiger partial charge is 0.365 e. The second-order valence-corrected chi connectivity index (χ2v) is 4.80. The van der Waals surface area contributed by atoms with Crippen molar-refractivity contribution in [2.75, 3.05) is 5.32 Å². The van der Waals surface area contributed by atoms with Gasteiger partial charge in [-0.3, -0.25) is 0 Å². The topological polar surface area (TPSA) is 86.0 Å². The largest absolute Gasteiger partial charge is 0.476 e. The van der Waals surface area contributed by atoms with Crippen LogP contribution in [0.1, 0.15) is 26.6 Å². The van der Waals surface area contributed by atoms with E-state index in [1.807, 2.05) is 13.0 Å². The van der Waals surface area contributed by atoms with Gasteiger partial charge in [-0.1, -0.05) is 6.07 Å². The maximum Gasteiger partial charge on any atom is 0.365 e. The molecule has 1 aromatic carbocycles. The van der Waals surface area contributed by atoms with Crippen LogP contribution in [0.25, 0.3) is 0 Å². The minimum atomic E-state index is -1.01. The molecule has 0 aliphatic heterocycles. The van der Waals surface area contributed by atoms with Gasteiger partial charge >= 0.3 is 5.97 Å². The highest BCUT2D eigenvalue weighted by atomic mass is 32.1. The van der Waals surface area contributed by atoms with Crippen molar-refractivity contribution < 1.29 is 9.90 Å². The maximum atomic E-state index is 10.7. The molecular weight excluding hydrogens is 262 g/mol. The molecule has 0 aliphatic rings. The summed E-state index contributed by atoms with van der Waals surface area (Å²) < 4.78 is 0. The molecule has 2 rings (SSSR count). The number of hydrogen-bond acceptors (Lipinski definition) is 5. The highest BCUT2D eigenvalue weighted by molar-refractivity contribution is 7.11. The molecule has 0 spiro atoms. The molecule has 19 heavy (non-hydrogen) atoms.